The smallest absolute Gasteiger partial charge is 0.0125 e. The highest BCUT2D eigenvalue weighted by Gasteiger charge is 2.19. The minimum atomic E-state index is 0. The van der Waals surface area contributed by atoms with Gasteiger partial charge in [-0.2, -0.15) is 0 Å². The average molecular weight is 390 g/mol. The summed E-state index contributed by atoms with van der Waals surface area (Å²) in [5.41, 5.74) is 0.336. The molecule has 1 nitrogen and oxygen atoms in total. The molecule has 0 bridgehead atoms. The molecule has 0 amide bonds. The van der Waals surface area contributed by atoms with Crippen molar-refractivity contribution in [2.24, 2.45) is 0 Å². The lowest BCUT2D eigenvalue weighted by atomic mass is 10.0. The van der Waals surface area contributed by atoms with Crippen LogP contribution in [0.4, 0.5) is 0 Å². The van der Waals surface area contributed by atoms with E-state index in [9.17, 15) is 0 Å². The van der Waals surface area contributed by atoms with Crippen molar-refractivity contribution < 1.29 is 0 Å². The maximum absolute atomic E-state index is 2.74. The molecule has 0 saturated heterocycles. The van der Waals surface area contributed by atoms with E-state index in [1.165, 1.54) is 116 Å². The third-order valence-corrected chi connectivity index (χ3v) is 5.51. The van der Waals surface area contributed by atoms with Crippen molar-refractivity contribution in [1.82, 2.24) is 4.90 Å². The fourth-order valence-electron chi connectivity index (χ4n) is 3.66. The summed E-state index contributed by atoms with van der Waals surface area (Å²) in [6.45, 7) is 14.4. The van der Waals surface area contributed by atoms with Gasteiger partial charge in [-0.15, -0.1) is 12.4 Å². The average Bonchev–Trinajstić information content (AvgIpc) is 2.56. The standard InChI is InChI=1S/C24H51N.ClH/c1-6-8-10-12-14-16-18-20-22-25(24(3,4)5)23-21-19-17-15-13-11-9-7-2;/h6-23H2,1-5H3;1H. The molecule has 26 heavy (non-hydrogen) atoms. The van der Waals surface area contributed by atoms with Crippen molar-refractivity contribution in [1.29, 1.82) is 0 Å². The quantitative estimate of drug-likeness (QED) is 0.211. The molecule has 0 fully saturated rings. The first-order valence-corrected chi connectivity index (χ1v) is 11.8. The van der Waals surface area contributed by atoms with Gasteiger partial charge in [-0.3, -0.25) is 4.90 Å². The van der Waals surface area contributed by atoms with Crippen LogP contribution in [0.3, 0.4) is 0 Å². The molecule has 0 aromatic rings. The van der Waals surface area contributed by atoms with Gasteiger partial charge >= 0.3 is 0 Å². The van der Waals surface area contributed by atoms with Crippen LogP contribution in [0.5, 0.6) is 0 Å². The monoisotopic (exact) mass is 389 g/mol. The van der Waals surface area contributed by atoms with Crippen LogP contribution >= 0.6 is 12.4 Å². The van der Waals surface area contributed by atoms with Gasteiger partial charge < -0.3 is 0 Å². The Morgan fingerprint density at radius 3 is 1.00 bits per heavy atom. The number of unbranched alkanes of at least 4 members (excludes halogenated alkanes) is 14. The van der Waals surface area contributed by atoms with E-state index >= 15 is 0 Å². The van der Waals surface area contributed by atoms with E-state index < -0.39 is 0 Å². The summed E-state index contributed by atoms with van der Waals surface area (Å²) in [5, 5.41) is 0. The van der Waals surface area contributed by atoms with Gasteiger partial charge in [0, 0.05) is 5.54 Å². The Hall–Kier alpha value is 0.250. The molecule has 0 heterocycles. The molecule has 0 unspecified atom stereocenters. The first-order chi connectivity index (χ1) is 12.0. The first kappa shape index (κ1) is 28.5. The molecule has 2 heteroatoms. The second-order valence-electron chi connectivity index (χ2n) is 9.11. The second kappa shape index (κ2) is 20.0. The molecule has 0 atom stereocenters. The molecule has 0 aromatic heterocycles. The van der Waals surface area contributed by atoms with Gasteiger partial charge in [0.15, 0.2) is 0 Å². The molecule has 0 aliphatic rings. The summed E-state index contributed by atoms with van der Waals surface area (Å²) >= 11 is 0. The van der Waals surface area contributed by atoms with Gasteiger partial charge in [-0.05, 0) is 46.7 Å². The molecule has 0 spiro atoms. The minimum Gasteiger partial charge on any atom is -0.298 e. The SMILES string of the molecule is CCCCCCCCCCN(CCCCCCCCCC)C(C)(C)C.Cl. The number of nitrogens with zero attached hydrogens (tertiary/aromatic N) is 1. The van der Waals surface area contributed by atoms with Crippen LogP contribution in [0.2, 0.25) is 0 Å². The van der Waals surface area contributed by atoms with Crippen molar-refractivity contribution in [2.45, 2.75) is 143 Å². The summed E-state index contributed by atoms with van der Waals surface area (Å²) in [7, 11) is 0. The third kappa shape index (κ3) is 19.0. The van der Waals surface area contributed by atoms with E-state index in [2.05, 4.69) is 39.5 Å². The van der Waals surface area contributed by atoms with Crippen LogP contribution in [0.1, 0.15) is 137 Å². The van der Waals surface area contributed by atoms with Gasteiger partial charge in [0.2, 0.25) is 0 Å². The lowest BCUT2D eigenvalue weighted by Gasteiger charge is -2.36. The van der Waals surface area contributed by atoms with Crippen LogP contribution < -0.4 is 0 Å². The van der Waals surface area contributed by atoms with Crippen LogP contribution in [0, 0.1) is 0 Å². The molecule has 160 valence electrons. The van der Waals surface area contributed by atoms with Gasteiger partial charge in [-0.1, -0.05) is 104 Å². The Bertz CT molecular complexity index is 239. The molecule has 0 saturated carbocycles. The molecular weight excluding hydrogens is 338 g/mol. The highest BCUT2D eigenvalue weighted by atomic mass is 35.5. The number of hydrogen-bond acceptors (Lipinski definition) is 1. The highest BCUT2D eigenvalue weighted by Crippen LogP contribution is 2.17. The fourth-order valence-corrected chi connectivity index (χ4v) is 3.66. The number of rotatable bonds is 18. The maximum atomic E-state index is 2.74. The van der Waals surface area contributed by atoms with Crippen molar-refractivity contribution in [3.05, 3.63) is 0 Å². The zero-order valence-corrected chi connectivity index (χ0v) is 19.9. The lowest BCUT2D eigenvalue weighted by molar-refractivity contribution is 0.130. The zero-order chi connectivity index (χ0) is 18.8. The van der Waals surface area contributed by atoms with E-state index in [0.717, 1.165) is 0 Å². The van der Waals surface area contributed by atoms with Crippen molar-refractivity contribution in [3.8, 4) is 0 Å². The summed E-state index contributed by atoms with van der Waals surface area (Å²) < 4.78 is 0. The van der Waals surface area contributed by atoms with E-state index in [1.807, 2.05) is 0 Å². The molecule has 0 radical (unpaired) electrons. The Balaban J connectivity index is 0. The predicted molar refractivity (Wildman–Crippen MR) is 124 cm³/mol. The van der Waals surface area contributed by atoms with Crippen molar-refractivity contribution in [2.75, 3.05) is 13.1 Å². The Morgan fingerprint density at radius 1 is 0.462 bits per heavy atom. The number of hydrogen-bond donors (Lipinski definition) is 0. The van der Waals surface area contributed by atoms with Gasteiger partial charge in [0.1, 0.15) is 0 Å². The van der Waals surface area contributed by atoms with Gasteiger partial charge in [-0.25, -0.2) is 0 Å². The normalized spacial score (nSPS) is 11.8. The summed E-state index contributed by atoms with van der Waals surface area (Å²) in [6.07, 6.45) is 22.8. The molecule has 0 aliphatic carbocycles. The molecule has 0 aromatic carbocycles. The largest absolute Gasteiger partial charge is 0.298 e. The molecule has 0 aliphatic heterocycles. The van der Waals surface area contributed by atoms with E-state index in [4.69, 9.17) is 0 Å². The van der Waals surface area contributed by atoms with E-state index in [0.29, 0.717) is 5.54 Å². The molecular formula is C24H52ClN. The predicted octanol–water partition coefficient (Wildman–Crippen LogP) is 8.79. The summed E-state index contributed by atoms with van der Waals surface area (Å²) in [5.74, 6) is 0. The van der Waals surface area contributed by atoms with Gasteiger partial charge in [0.05, 0.1) is 0 Å². The van der Waals surface area contributed by atoms with E-state index in [1.54, 1.807) is 0 Å². The summed E-state index contributed by atoms with van der Waals surface area (Å²) in [6, 6.07) is 0. The Morgan fingerprint density at radius 2 is 0.731 bits per heavy atom. The van der Waals surface area contributed by atoms with Crippen LogP contribution in [0.25, 0.3) is 0 Å². The Kier molecular flexibility index (Phi) is 21.9. The number of halogens is 1. The van der Waals surface area contributed by atoms with Crippen LogP contribution in [0.15, 0.2) is 0 Å². The summed E-state index contributed by atoms with van der Waals surface area (Å²) in [4.78, 5) is 2.74. The molecule has 0 N–H and O–H groups in total. The molecule has 0 rings (SSSR count). The minimum absolute atomic E-state index is 0. The second-order valence-corrected chi connectivity index (χ2v) is 9.11. The zero-order valence-electron chi connectivity index (χ0n) is 19.1. The van der Waals surface area contributed by atoms with E-state index in [-0.39, 0.29) is 12.4 Å². The van der Waals surface area contributed by atoms with Crippen molar-refractivity contribution in [3.63, 3.8) is 0 Å². The first-order valence-electron chi connectivity index (χ1n) is 11.8. The van der Waals surface area contributed by atoms with Crippen LogP contribution in [-0.4, -0.2) is 23.5 Å². The van der Waals surface area contributed by atoms with Crippen molar-refractivity contribution >= 4 is 12.4 Å². The topological polar surface area (TPSA) is 3.24 Å². The highest BCUT2D eigenvalue weighted by molar-refractivity contribution is 5.85. The fraction of sp³-hybridized carbons (Fsp3) is 1.00. The van der Waals surface area contributed by atoms with Crippen LogP contribution in [-0.2, 0) is 0 Å². The third-order valence-electron chi connectivity index (χ3n) is 5.51. The van der Waals surface area contributed by atoms with Gasteiger partial charge in [0.25, 0.3) is 0 Å². The maximum Gasteiger partial charge on any atom is 0.0125 e. The Labute approximate surface area is 173 Å². The lowest BCUT2D eigenvalue weighted by Crippen LogP contribution is -2.42.